The van der Waals surface area contributed by atoms with Crippen molar-refractivity contribution in [2.45, 2.75) is 6.54 Å². The molecule has 0 saturated heterocycles. The van der Waals surface area contributed by atoms with Gasteiger partial charge in [0.1, 0.15) is 0 Å². The first-order chi connectivity index (χ1) is 7.49. The molecule has 90 valence electrons. The maximum atomic E-state index is 6.11. The van der Waals surface area contributed by atoms with Gasteiger partial charge in [-0.2, -0.15) is 0 Å². The van der Waals surface area contributed by atoms with Gasteiger partial charge in [-0.15, -0.1) is 0 Å². The minimum Gasteiger partial charge on any atom is -0.399 e. The Kier molecular flexibility index (Phi) is 5.06. The molecule has 0 amide bonds. The second kappa shape index (κ2) is 6.09. The molecule has 0 unspecified atom stereocenters. The quantitative estimate of drug-likeness (QED) is 0.800. The zero-order valence-corrected chi connectivity index (χ0v) is 11.0. The third kappa shape index (κ3) is 4.39. The molecule has 16 heavy (non-hydrogen) atoms. The van der Waals surface area contributed by atoms with Gasteiger partial charge < -0.3 is 15.5 Å². The van der Waals surface area contributed by atoms with Crippen molar-refractivity contribution >= 4 is 17.3 Å². The zero-order valence-electron chi connectivity index (χ0n) is 10.2. The summed E-state index contributed by atoms with van der Waals surface area (Å²) in [6, 6.07) is 5.62. The molecule has 1 aromatic rings. The fourth-order valence-corrected chi connectivity index (χ4v) is 1.63. The third-order valence-corrected chi connectivity index (χ3v) is 2.81. The number of benzene rings is 1. The van der Waals surface area contributed by atoms with Crippen molar-refractivity contribution in [3.05, 3.63) is 28.8 Å². The minimum atomic E-state index is 0.764. The fraction of sp³-hybridized carbons (Fsp3) is 0.500. The fourth-order valence-electron chi connectivity index (χ4n) is 1.46. The van der Waals surface area contributed by atoms with Crippen LogP contribution >= 0.6 is 11.6 Å². The van der Waals surface area contributed by atoms with E-state index in [1.807, 2.05) is 18.2 Å². The van der Waals surface area contributed by atoms with Gasteiger partial charge in [0, 0.05) is 30.3 Å². The van der Waals surface area contributed by atoms with Crippen LogP contribution in [0.25, 0.3) is 0 Å². The minimum absolute atomic E-state index is 0.764. The van der Waals surface area contributed by atoms with Gasteiger partial charge in [-0.05, 0) is 44.9 Å². The van der Waals surface area contributed by atoms with E-state index in [-0.39, 0.29) is 0 Å². The van der Waals surface area contributed by atoms with Gasteiger partial charge >= 0.3 is 0 Å². The summed E-state index contributed by atoms with van der Waals surface area (Å²) in [5, 5.41) is 0.783. The molecule has 3 nitrogen and oxygen atoms in total. The highest BCUT2D eigenvalue weighted by molar-refractivity contribution is 6.31. The third-order valence-electron chi connectivity index (χ3n) is 2.44. The summed E-state index contributed by atoms with van der Waals surface area (Å²) < 4.78 is 0. The van der Waals surface area contributed by atoms with Crippen molar-refractivity contribution in [1.82, 2.24) is 9.80 Å². The number of anilines is 1. The van der Waals surface area contributed by atoms with E-state index < -0.39 is 0 Å². The maximum absolute atomic E-state index is 6.11. The lowest BCUT2D eigenvalue weighted by Crippen LogP contribution is -2.28. The van der Waals surface area contributed by atoms with E-state index in [2.05, 4.69) is 30.9 Å². The van der Waals surface area contributed by atoms with Crippen LogP contribution in [0.2, 0.25) is 5.02 Å². The average Bonchev–Trinajstić information content (AvgIpc) is 2.20. The van der Waals surface area contributed by atoms with E-state index in [1.54, 1.807) is 0 Å². The zero-order chi connectivity index (χ0) is 12.1. The van der Waals surface area contributed by atoms with Crippen molar-refractivity contribution in [3.63, 3.8) is 0 Å². The highest BCUT2D eigenvalue weighted by Gasteiger charge is 2.05. The molecule has 0 saturated carbocycles. The Hall–Kier alpha value is -0.770. The molecule has 0 aromatic heterocycles. The van der Waals surface area contributed by atoms with E-state index in [1.165, 1.54) is 0 Å². The van der Waals surface area contributed by atoms with Gasteiger partial charge in [0.05, 0.1) is 0 Å². The molecule has 0 spiro atoms. The topological polar surface area (TPSA) is 32.5 Å². The smallest absolute Gasteiger partial charge is 0.0452 e. The van der Waals surface area contributed by atoms with Crippen LogP contribution in [0.3, 0.4) is 0 Å². The first kappa shape index (κ1) is 13.3. The molecule has 4 heteroatoms. The standard InChI is InChI=1S/C12H20ClN3/c1-15(2)6-7-16(3)9-10-8-11(14)4-5-12(10)13/h4-5,8H,6-7,9,14H2,1-3H3. The molecule has 1 aromatic carbocycles. The van der Waals surface area contributed by atoms with Crippen molar-refractivity contribution in [3.8, 4) is 0 Å². The van der Waals surface area contributed by atoms with E-state index in [0.29, 0.717) is 0 Å². The number of rotatable bonds is 5. The monoisotopic (exact) mass is 241 g/mol. The summed E-state index contributed by atoms with van der Waals surface area (Å²) in [6.45, 7) is 2.88. The van der Waals surface area contributed by atoms with Crippen LogP contribution in [0.1, 0.15) is 5.56 Å². The van der Waals surface area contributed by atoms with Gasteiger partial charge in [-0.25, -0.2) is 0 Å². The maximum Gasteiger partial charge on any atom is 0.0452 e. The predicted octanol–water partition coefficient (Wildman–Crippen LogP) is 1.92. The van der Waals surface area contributed by atoms with Crippen LogP contribution in [0.5, 0.6) is 0 Å². The van der Waals surface area contributed by atoms with Gasteiger partial charge in [-0.1, -0.05) is 11.6 Å². The van der Waals surface area contributed by atoms with E-state index in [0.717, 1.165) is 35.9 Å². The van der Waals surface area contributed by atoms with E-state index in [9.17, 15) is 0 Å². The molecule has 0 aliphatic carbocycles. The van der Waals surface area contributed by atoms with Crippen LogP contribution in [0, 0.1) is 0 Å². The summed E-state index contributed by atoms with van der Waals surface area (Å²) >= 11 is 6.11. The van der Waals surface area contributed by atoms with E-state index in [4.69, 9.17) is 17.3 Å². The van der Waals surface area contributed by atoms with E-state index >= 15 is 0 Å². The van der Waals surface area contributed by atoms with Crippen molar-refractivity contribution < 1.29 is 0 Å². The van der Waals surface area contributed by atoms with Crippen LogP contribution < -0.4 is 5.73 Å². The summed E-state index contributed by atoms with van der Waals surface area (Å²) in [4.78, 5) is 4.40. The molecule has 0 radical (unpaired) electrons. The molecule has 1 rings (SSSR count). The predicted molar refractivity (Wildman–Crippen MR) is 70.8 cm³/mol. The molecule has 0 aliphatic heterocycles. The normalized spacial score (nSPS) is 11.4. The van der Waals surface area contributed by atoms with Crippen molar-refractivity contribution in [2.75, 3.05) is 40.0 Å². The second-order valence-electron chi connectivity index (χ2n) is 4.39. The summed E-state index contributed by atoms with van der Waals surface area (Å²) in [5.41, 5.74) is 7.59. The number of halogens is 1. The summed E-state index contributed by atoms with van der Waals surface area (Å²) in [7, 11) is 6.23. The Morgan fingerprint density at radius 3 is 2.50 bits per heavy atom. The Balaban J connectivity index is 2.55. The van der Waals surface area contributed by atoms with Crippen molar-refractivity contribution in [1.29, 1.82) is 0 Å². The SMILES string of the molecule is CN(C)CCN(C)Cc1cc(N)ccc1Cl. The Bertz CT molecular complexity index is 339. The lowest BCUT2D eigenvalue weighted by atomic mass is 10.2. The number of hydrogen-bond donors (Lipinski definition) is 1. The van der Waals surface area contributed by atoms with Crippen LogP contribution in [0.4, 0.5) is 5.69 Å². The average molecular weight is 242 g/mol. The first-order valence-corrected chi connectivity index (χ1v) is 5.74. The number of nitrogens with two attached hydrogens (primary N) is 1. The number of nitrogens with zero attached hydrogens (tertiary/aromatic N) is 2. The van der Waals surface area contributed by atoms with Crippen LogP contribution in [-0.4, -0.2) is 44.0 Å². The highest BCUT2D eigenvalue weighted by atomic mass is 35.5. The molecule has 0 heterocycles. The lowest BCUT2D eigenvalue weighted by Gasteiger charge is -2.20. The number of hydrogen-bond acceptors (Lipinski definition) is 3. The first-order valence-electron chi connectivity index (χ1n) is 5.36. The van der Waals surface area contributed by atoms with Gasteiger partial charge in [-0.3, -0.25) is 0 Å². The Labute approximate surface area is 103 Å². The number of likely N-dealkylation sites (N-methyl/N-ethyl adjacent to an activating group) is 2. The van der Waals surface area contributed by atoms with Gasteiger partial charge in [0.25, 0.3) is 0 Å². The molecule has 0 bridgehead atoms. The Morgan fingerprint density at radius 1 is 1.19 bits per heavy atom. The molecule has 0 atom stereocenters. The Morgan fingerprint density at radius 2 is 1.88 bits per heavy atom. The summed E-state index contributed by atoms with van der Waals surface area (Å²) in [5.74, 6) is 0. The van der Waals surface area contributed by atoms with Crippen LogP contribution in [-0.2, 0) is 6.54 Å². The molecule has 2 N–H and O–H groups in total. The largest absolute Gasteiger partial charge is 0.399 e. The van der Waals surface area contributed by atoms with Crippen LogP contribution in [0.15, 0.2) is 18.2 Å². The second-order valence-corrected chi connectivity index (χ2v) is 4.80. The molecule has 0 aliphatic rings. The lowest BCUT2D eigenvalue weighted by molar-refractivity contribution is 0.276. The number of nitrogen functional groups attached to an aromatic ring is 1. The summed E-state index contributed by atoms with van der Waals surface area (Å²) in [6.07, 6.45) is 0. The van der Waals surface area contributed by atoms with Gasteiger partial charge in [0.2, 0.25) is 0 Å². The highest BCUT2D eigenvalue weighted by Crippen LogP contribution is 2.19. The molecule has 0 fully saturated rings. The molecular weight excluding hydrogens is 222 g/mol. The van der Waals surface area contributed by atoms with Gasteiger partial charge in [0.15, 0.2) is 0 Å². The molecular formula is C12H20ClN3. The van der Waals surface area contributed by atoms with Crippen molar-refractivity contribution in [2.24, 2.45) is 0 Å².